The fourth-order valence-corrected chi connectivity index (χ4v) is 3.32. The Morgan fingerprint density at radius 3 is 2.87 bits per heavy atom. The largest absolute Gasteiger partial charge is 0.364 e. The third-order valence-corrected chi connectivity index (χ3v) is 4.40. The second-order valence-corrected chi connectivity index (χ2v) is 5.80. The Labute approximate surface area is 134 Å². The molecular formula is C18H17N5. The highest BCUT2D eigenvalue weighted by atomic mass is 15.1. The normalized spacial score (nSPS) is 13.5. The van der Waals surface area contributed by atoms with E-state index in [2.05, 4.69) is 38.1 Å². The number of aromatic nitrogens is 3. The van der Waals surface area contributed by atoms with Crippen molar-refractivity contribution in [1.29, 1.82) is 5.26 Å². The lowest BCUT2D eigenvalue weighted by molar-refractivity contribution is 0.544. The first-order valence-corrected chi connectivity index (χ1v) is 7.92. The van der Waals surface area contributed by atoms with Gasteiger partial charge in [-0.25, -0.2) is 9.97 Å². The van der Waals surface area contributed by atoms with E-state index in [0.29, 0.717) is 12.1 Å². The molecule has 114 valence electrons. The lowest BCUT2D eigenvalue weighted by Gasteiger charge is -2.17. The van der Waals surface area contributed by atoms with Crippen LogP contribution in [0.5, 0.6) is 0 Å². The van der Waals surface area contributed by atoms with Crippen molar-refractivity contribution in [3.8, 4) is 6.07 Å². The molecule has 0 amide bonds. The first-order chi connectivity index (χ1) is 11.4. The molecule has 0 radical (unpaired) electrons. The molecule has 1 aliphatic rings. The van der Waals surface area contributed by atoms with Crippen LogP contribution in [0, 0.1) is 11.3 Å². The fraction of sp³-hybridized carbons (Fsp3) is 0.278. The van der Waals surface area contributed by atoms with Crippen molar-refractivity contribution < 1.29 is 0 Å². The second kappa shape index (κ2) is 5.73. The predicted octanol–water partition coefficient (Wildman–Crippen LogP) is 3.25. The van der Waals surface area contributed by atoms with Crippen LogP contribution < -0.4 is 5.32 Å². The van der Waals surface area contributed by atoms with Crippen molar-refractivity contribution in [1.82, 2.24) is 14.5 Å². The zero-order chi connectivity index (χ0) is 15.6. The highest BCUT2D eigenvalue weighted by Gasteiger charge is 2.23. The van der Waals surface area contributed by atoms with Crippen molar-refractivity contribution in [2.45, 2.75) is 32.4 Å². The minimum Gasteiger partial charge on any atom is -0.364 e. The van der Waals surface area contributed by atoms with Crippen molar-refractivity contribution in [3.05, 3.63) is 53.5 Å². The zero-order valence-electron chi connectivity index (χ0n) is 12.8. The maximum absolute atomic E-state index is 9.54. The average Bonchev–Trinajstić information content (AvgIpc) is 2.95. The summed E-state index contributed by atoms with van der Waals surface area (Å²) in [4.78, 5) is 8.80. The molecule has 3 heterocycles. The van der Waals surface area contributed by atoms with Gasteiger partial charge < -0.3 is 9.88 Å². The van der Waals surface area contributed by atoms with Gasteiger partial charge >= 0.3 is 0 Å². The highest BCUT2D eigenvalue weighted by Crippen LogP contribution is 2.32. The quantitative estimate of drug-likeness (QED) is 0.806. The number of benzene rings is 1. The number of fused-ring (bicyclic) bond motifs is 3. The Kier molecular flexibility index (Phi) is 3.43. The van der Waals surface area contributed by atoms with Crippen molar-refractivity contribution >= 4 is 16.9 Å². The number of nitriles is 1. The number of aryl methyl sites for hydroxylation is 1. The third kappa shape index (κ3) is 2.33. The van der Waals surface area contributed by atoms with Gasteiger partial charge in [-0.05, 0) is 24.8 Å². The van der Waals surface area contributed by atoms with E-state index < -0.39 is 0 Å². The van der Waals surface area contributed by atoms with Gasteiger partial charge in [-0.15, -0.1) is 0 Å². The van der Waals surface area contributed by atoms with Gasteiger partial charge in [-0.2, -0.15) is 5.26 Å². The standard InChI is InChI=1S/C18H17N5/c19-10-14-15-8-4-5-9-23(15)17-16(14)21-12-22-18(17)20-11-13-6-2-1-3-7-13/h1-3,6-7,12H,4-5,8-9,11H2,(H,20,21,22). The molecule has 0 saturated carbocycles. The first kappa shape index (κ1) is 13.8. The number of nitrogens with zero attached hydrogens (tertiary/aromatic N) is 4. The second-order valence-electron chi connectivity index (χ2n) is 5.80. The van der Waals surface area contributed by atoms with Crippen molar-refractivity contribution in [3.63, 3.8) is 0 Å². The van der Waals surface area contributed by atoms with E-state index in [0.717, 1.165) is 48.4 Å². The Morgan fingerprint density at radius 2 is 2.04 bits per heavy atom. The lowest BCUT2D eigenvalue weighted by atomic mass is 10.1. The van der Waals surface area contributed by atoms with Gasteiger partial charge in [0.15, 0.2) is 5.82 Å². The number of anilines is 1. The summed E-state index contributed by atoms with van der Waals surface area (Å²) in [7, 11) is 0. The van der Waals surface area contributed by atoms with Gasteiger partial charge in [0.25, 0.3) is 0 Å². The molecule has 0 fully saturated rings. The molecule has 0 bridgehead atoms. The Hall–Kier alpha value is -2.87. The van der Waals surface area contributed by atoms with E-state index in [9.17, 15) is 5.26 Å². The minimum atomic E-state index is 0.704. The molecule has 0 spiro atoms. The van der Waals surface area contributed by atoms with Crippen LogP contribution in [0.1, 0.15) is 29.7 Å². The molecule has 1 aromatic carbocycles. The third-order valence-electron chi connectivity index (χ3n) is 4.40. The zero-order valence-corrected chi connectivity index (χ0v) is 12.8. The maximum Gasteiger partial charge on any atom is 0.154 e. The summed E-state index contributed by atoms with van der Waals surface area (Å²) in [6.07, 6.45) is 4.75. The SMILES string of the molecule is N#Cc1c2n(c3c(NCc4ccccc4)ncnc13)CCCC2. The smallest absolute Gasteiger partial charge is 0.154 e. The van der Waals surface area contributed by atoms with Crippen LogP contribution >= 0.6 is 0 Å². The summed E-state index contributed by atoms with van der Waals surface area (Å²) in [6.45, 7) is 1.64. The van der Waals surface area contributed by atoms with E-state index in [1.165, 1.54) is 5.56 Å². The fourth-order valence-electron chi connectivity index (χ4n) is 3.32. The molecule has 23 heavy (non-hydrogen) atoms. The van der Waals surface area contributed by atoms with Gasteiger partial charge in [-0.1, -0.05) is 30.3 Å². The highest BCUT2D eigenvalue weighted by molar-refractivity contribution is 5.92. The van der Waals surface area contributed by atoms with E-state index in [4.69, 9.17) is 0 Å². The molecule has 1 aliphatic heterocycles. The lowest BCUT2D eigenvalue weighted by Crippen LogP contribution is -2.12. The molecule has 0 unspecified atom stereocenters. The summed E-state index contributed by atoms with van der Waals surface area (Å²) in [5.41, 5.74) is 4.76. The molecule has 2 aromatic heterocycles. The van der Waals surface area contributed by atoms with Crippen LogP contribution in [0.3, 0.4) is 0 Å². The van der Waals surface area contributed by atoms with E-state index >= 15 is 0 Å². The van der Waals surface area contributed by atoms with Gasteiger partial charge in [0, 0.05) is 18.8 Å². The summed E-state index contributed by atoms with van der Waals surface area (Å²) in [5.74, 6) is 0.809. The Bertz CT molecular complexity index is 889. The summed E-state index contributed by atoms with van der Waals surface area (Å²) < 4.78 is 2.23. The molecule has 4 rings (SSSR count). The average molecular weight is 303 g/mol. The van der Waals surface area contributed by atoms with Gasteiger partial charge in [-0.3, -0.25) is 0 Å². The van der Waals surface area contributed by atoms with Gasteiger partial charge in [0.05, 0.1) is 5.56 Å². The Balaban J connectivity index is 1.78. The van der Waals surface area contributed by atoms with Crippen LogP contribution in [-0.2, 0) is 19.5 Å². The van der Waals surface area contributed by atoms with Crippen LogP contribution in [0.4, 0.5) is 5.82 Å². The van der Waals surface area contributed by atoms with E-state index in [-0.39, 0.29) is 0 Å². The van der Waals surface area contributed by atoms with Crippen LogP contribution in [0.25, 0.3) is 11.0 Å². The van der Waals surface area contributed by atoms with E-state index in [1.54, 1.807) is 6.33 Å². The van der Waals surface area contributed by atoms with Crippen molar-refractivity contribution in [2.75, 3.05) is 5.32 Å². The molecule has 1 N–H and O–H groups in total. The van der Waals surface area contributed by atoms with Crippen LogP contribution in [0.2, 0.25) is 0 Å². The predicted molar refractivity (Wildman–Crippen MR) is 88.9 cm³/mol. The van der Waals surface area contributed by atoms with Crippen LogP contribution in [-0.4, -0.2) is 14.5 Å². The summed E-state index contributed by atoms with van der Waals surface area (Å²) >= 11 is 0. The summed E-state index contributed by atoms with van der Waals surface area (Å²) in [6, 6.07) is 12.6. The molecular weight excluding hydrogens is 286 g/mol. The first-order valence-electron chi connectivity index (χ1n) is 7.92. The van der Waals surface area contributed by atoms with Crippen LogP contribution in [0.15, 0.2) is 36.7 Å². The molecule has 3 aromatic rings. The van der Waals surface area contributed by atoms with Gasteiger partial charge in [0.2, 0.25) is 0 Å². The monoisotopic (exact) mass is 303 g/mol. The number of nitrogens with one attached hydrogen (secondary N) is 1. The molecule has 0 saturated heterocycles. The minimum absolute atomic E-state index is 0.704. The van der Waals surface area contributed by atoms with Crippen molar-refractivity contribution in [2.24, 2.45) is 0 Å². The molecule has 5 heteroatoms. The molecule has 5 nitrogen and oxygen atoms in total. The van der Waals surface area contributed by atoms with E-state index in [1.807, 2.05) is 18.2 Å². The number of rotatable bonds is 3. The number of hydrogen-bond acceptors (Lipinski definition) is 4. The molecule has 0 aliphatic carbocycles. The molecule has 0 atom stereocenters. The summed E-state index contributed by atoms with van der Waals surface area (Å²) in [5, 5.41) is 12.9. The Morgan fingerprint density at radius 1 is 1.17 bits per heavy atom. The van der Waals surface area contributed by atoms with Gasteiger partial charge in [0.1, 0.15) is 23.4 Å². The number of hydrogen-bond donors (Lipinski definition) is 1. The maximum atomic E-state index is 9.54. The topological polar surface area (TPSA) is 66.5 Å².